The van der Waals surface area contributed by atoms with E-state index in [1.807, 2.05) is 37.3 Å². The Bertz CT molecular complexity index is 647. The summed E-state index contributed by atoms with van der Waals surface area (Å²) in [6.07, 6.45) is 0.336. The zero-order valence-electron chi connectivity index (χ0n) is 13.1. The van der Waals surface area contributed by atoms with Crippen LogP contribution in [-0.4, -0.2) is 17.1 Å². The van der Waals surface area contributed by atoms with Gasteiger partial charge in [-0.3, -0.25) is 4.79 Å². The highest BCUT2D eigenvalue weighted by atomic mass is 19.1. The number of nitrogens with one attached hydrogen (secondary N) is 2. The Hall–Kier alpha value is -2.24. The molecular weight excluding hydrogens is 295 g/mol. The largest absolute Gasteiger partial charge is 0.392 e. The minimum Gasteiger partial charge on any atom is -0.392 e. The second-order valence-electron chi connectivity index (χ2n) is 5.48. The Labute approximate surface area is 135 Å². The highest BCUT2D eigenvalue weighted by Crippen LogP contribution is 2.11. The third-order valence-corrected chi connectivity index (χ3v) is 3.48. The number of halogens is 1. The summed E-state index contributed by atoms with van der Waals surface area (Å²) in [7, 11) is 0. The molecule has 2 aromatic rings. The van der Waals surface area contributed by atoms with Crippen molar-refractivity contribution in [3.05, 3.63) is 65.5 Å². The van der Waals surface area contributed by atoms with Gasteiger partial charge in [0.2, 0.25) is 5.91 Å². The van der Waals surface area contributed by atoms with Gasteiger partial charge in [0.15, 0.2) is 0 Å². The lowest BCUT2D eigenvalue weighted by atomic mass is 10.1. The number of benzene rings is 2. The molecule has 5 heteroatoms. The molecule has 4 nitrogen and oxygen atoms in total. The first-order chi connectivity index (χ1) is 11.1. The molecule has 0 aromatic heterocycles. The number of carbonyl (C=O) groups excluding carboxylic acids is 1. The predicted octanol–water partition coefficient (Wildman–Crippen LogP) is 2.82. The SMILES string of the molecule is CC(CC(=O)Nc1ccccc1)NCc1ccc(F)c(CO)c1. The molecule has 0 saturated heterocycles. The molecular formula is C18H21FN2O2. The van der Waals surface area contributed by atoms with Gasteiger partial charge in [-0.1, -0.05) is 24.3 Å². The predicted molar refractivity (Wildman–Crippen MR) is 88.3 cm³/mol. The highest BCUT2D eigenvalue weighted by molar-refractivity contribution is 5.90. The first-order valence-corrected chi connectivity index (χ1v) is 7.55. The number of amides is 1. The number of aliphatic hydroxyl groups is 1. The Morgan fingerprint density at radius 3 is 2.65 bits per heavy atom. The van der Waals surface area contributed by atoms with Crippen molar-refractivity contribution in [3.63, 3.8) is 0 Å². The first kappa shape index (κ1) is 17.1. The summed E-state index contributed by atoms with van der Waals surface area (Å²) in [5.41, 5.74) is 1.92. The van der Waals surface area contributed by atoms with Crippen LogP contribution in [0.1, 0.15) is 24.5 Å². The van der Waals surface area contributed by atoms with E-state index in [1.54, 1.807) is 12.1 Å². The summed E-state index contributed by atoms with van der Waals surface area (Å²) >= 11 is 0. The van der Waals surface area contributed by atoms with Crippen LogP contribution in [0.25, 0.3) is 0 Å². The molecule has 122 valence electrons. The number of para-hydroxylation sites is 1. The van der Waals surface area contributed by atoms with E-state index in [0.29, 0.717) is 13.0 Å². The van der Waals surface area contributed by atoms with Gasteiger partial charge in [0.25, 0.3) is 0 Å². The van der Waals surface area contributed by atoms with E-state index in [1.165, 1.54) is 6.07 Å². The lowest BCUT2D eigenvalue weighted by molar-refractivity contribution is -0.116. The molecule has 1 unspecified atom stereocenters. The van der Waals surface area contributed by atoms with Crippen molar-refractivity contribution in [2.45, 2.75) is 32.5 Å². The summed E-state index contributed by atoms with van der Waals surface area (Å²) in [5, 5.41) is 15.1. The van der Waals surface area contributed by atoms with E-state index in [0.717, 1.165) is 11.3 Å². The molecule has 2 rings (SSSR count). The van der Waals surface area contributed by atoms with Crippen LogP contribution in [-0.2, 0) is 17.9 Å². The lowest BCUT2D eigenvalue weighted by Gasteiger charge is -2.14. The van der Waals surface area contributed by atoms with Crippen molar-refractivity contribution < 1.29 is 14.3 Å². The summed E-state index contributed by atoms with van der Waals surface area (Å²) in [4.78, 5) is 11.9. The Morgan fingerprint density at radius 1 is 1.22 bits per heavy atom. The summed E-state index contributed by atoms with van der Waals surface area (Å²) < 4.78 is 13.3. The molecule has 1 atom stereocenters. The zero-order valence-corrected chi connectivity index (χ0v) is 13.1. The van der Waals surface area contributed by atoms with Gasteiger partial charge < -0.3 is 15.7 Å². The van der Waals surface area contributed by atoms with Gasteiger partial charge in [0.1, 0.15) is 5.82 Å². The molecule has 3 N–H and O–H groups in total. The van der Waals surface area contributed by atoms with Gasteiger partial charge in [-0.05, 0) is 36.8 Å². The number of anilines is 1. The average Bonchev–Trinajstić information content (AvgIpc) is 2.55. The molecule has 0 aliphatic heterocycles. The molecule has 0 bridgehead atoms. The maximum absolute atomic E-state index is 13.3. The number of hydrogen-bond donors (Lipinski definition) is 3. The van der Waals surface area contributed by atoms with Crippen molar-refractivity contribution in [1.82, 2.24) is 5.32 Å². The van der Waals surface area contributed by atoms with Gasteiger partial charge in [-0.2, -0.15) is 0 Å². The topological polar surface area (TPSA) is 61.4 Å². The summed E-state index contributed by atoms with van der Waals surface area (Å²) in [6, 6.07) is 13.9. The minimum absolute atomic E-state index is 0.0265. The second-order valence-corrected chi connectivity index (χ2v) is 5.48. The fourth-order valence-electron chi connectivity index (χ4n) is 2.24. The molecule has 0 spiro atoms. The van der Waals surface area contributed by atoms with Crippen LogP contribution >= 0.6 is 0 Å². The fraction of sp³-hybridized carbons (Fsp3) is 0.278. The normalized spacial score (nSPS) is 12.0. The zero-order chi connectivity index (χ0) is 16.7. The van der Waals surface area contributed by atoms with Crippen LogP contribution in [0.4, 0.5) is 10.1 Å². The van der Waals surface area contributed by atoms with E-state index in [9.17, 15) is 9.18 Å². The van der Waals surface area contributed by atoms with Gasteiger partial charge in [-0.15, -0.1) is 0 Å². The van der Waals surface area contributed by atoms with Gasteiger partial charge in [0.05, 0.1) is 6.61 Å². The van der Waals surface area contributed by atoms with Crippen LogP contribution in [0.5, 0.6) is 0 Å². The number of aliphatic hydroxyl groups excluding tert-OH is 1. The van der Waals surface area contributed by atoms with Crippen molar-refractivity contribution in [2.24, 2.45) is 0 Å². The second kappa shape index (κ2) is 8.41. The quantitative estimate of drug-likeness (QED) is 0.736. The van der Waals surface area contributed by atoms with Crippen LogP contribution in [0.2, 0.25) is 0 Å². The Balaban J connectivity index is 1.80. The number of rotatable bonds is 7. The standard InChI is InChI=1S/C18H21FN2O2/c1-13(9-18(23)21-16-5-3-2-4-6-16)20-11-14-7-8-17(19)15(10-14)12-22/h2-8,10,13,20,22H,9,11-12H2,1H3,(H,21,23). The lowest BCUT2D eigenvalue weighted by Crippen LogP contribution is -2.30. The smallest absolute Gasteiger partial charge is 0.225 e. The first-order valence-electron chi connectivity index (χ1n) is 7.55. The summed E-state index contributed by atoms with van der Waals surface area (Å²) in [5.74, 6) is -0.474. The van der Waals surface area contributed by atoms with E-state index >= 15 is 0 Å². The highest BCUT2D eigenvalue weighted by Gasteiger charge is 2.09. The van der Waals surface area contributed by atoms with Crippen molar-refractivity contribution in [3.8, 4) is 0 Å². The monoisotopic (exact) mass is 316 g/mol. The van der Waals surface area contributed by atoms with Gasteiger partial charge in [0, 0.05) is 30.3 Å². The molecule has 0 saturated carbocycles. The average molecular weight is 316 g/mol. The molecule has 1 amide bonds. The van der Waals surface area contributed by atoms with Crippen LogP contribution in [0.15, 0.2) is 48.5 Å². The van der Waals surface area contributed by atoms with Gasteiger partial charge in [-0.25, -0.2) is 4.39 Å². The third-order valence-electron chi connectivity index (χ3n) is 3.48. The maximum Gasteiger partial charge on any atom is 0.225 e. The van der Waals surface area contributed by atoms with E-state index in [-0.39, 0.29) is 24.1 Å². The Morgan fingerprint density at radius 2 is 1.96 bits per heavy atom. The summed E-state index contributed by atoms with van der Waals surface area (Å²) in [6.45, 7) is 2.10. The third kappa shape index (κ3) is 5.47. The van der Waals surface area contributed by atoms with Gasteiger partial charge >= 0.3 is 0 Å². The van der Waals surface area contributed by atoms with E-state index in [2.05, 4.69) is 10.6 Å². The maximum atomic E-state index is 13.3. The van der Waals surface area contributed by atoms with Crippen molar-refractivity contribution >= 4 is 11.6 Å². The fourth-order valence-corrected chi connectivity index (χ4v) is 2.24. The molecule has 0 aliphatic carbocycles. The molecule has 0 aliphatic rings. The molecule has 2 aromatic carbocycles. The van der Waals surface area contributed by atoms with Crippen molar-refractivity contribution in [2.75, 3.05) is 5.32 Å². The molecule has 23 heavy (non-hydrogen) atoms. The van der Waals surface area contributed by atoms with Crippen molar-refractivity contribution in [1.29, 1.82) is 0 Å². The minimum atomic E-state index is -0.411. The number of carbonyl (C=O) groups is 1. The molecule has 0 fully saturated rings. The molecule has 0 heterocycles. The van der Waals surface area contributed by atoms with Crippen LogP contribution in [0, 0.1) is 5.82 Å². The molecule has 0 radical (unpaired) electrons. The van der Waals surface area contributed by atoms with E-state index in [4.69, 9.17) is 5.11 Å². The van der Waals surface area contributed by atoms with Crippen LogP contribution in [0.3, 0.4) is 0 Å². The Kier molecular flexibility index (Phi) is 6.26. The number of hydrogen-bond acceptors (Lipinski definition) is 3. The van der Waals surface area contributed by atoms with Crippen LogP contribution < -0.4 is 10.6 Å². The van der Waals surface area contributed by atoms with E-state index < -0.39 is 5.82 Å².